The van der Waals surface area contributed by atoms with Crippen molar-refractivity contribution in [1.82, 2.24) is 5.32 Å². The number of benzene rings is 3. The molecule has 168 valence electrons. The van der Waals surface area contributed by atoms with Crippen molar-refractivity contribution in [3.05, 3.63) is 83.1 Å². The highest BCUT2D eigenvalue weighted by atomic mass is 35.5. The SMILES string of the molecule is COc1ccc(NS(=O)(=O)c2ccc(OCC(=O)NCc3ccc(F)cc3)c(Cl)c2)cc1. The van der Waals surface area contributed by atoms with Gasteiger partial charge in [0.1, 0.15) is 17.3 Å². The van der Waals surface area contributed by atoms with E-state index in [1.807, 2.05) is 0 Å². The van der Waals surface area contributed by atoms with E-state index in [9.17, 15) is 17.6 Å². The van der Waals surface area contributed by atoms with E-state index in [-0.39, 0.29) is 34.6 Å². The molecule has 0 saturated carbocycles. The molecule has 0 aliphatic carbocycles. The van der Waals surface area contributed by atoms with Crippen molar-refractivity contribution in [2.45, 2.75) is 11.4 Å². The first-order chi connectivity index (χ1) is 15.3. The Morgan fingerprint density at radius 2 is 1.72 bits per heavy atom. The van der Waals surface area contributed by atoms with Gasteiger partial charge in [0.2, 0.25) is 0 Å². The van der Waals surface area contributed by atoms with Gasteiger partial charge in [0, 0.05) is 12.2 Å². The summed E-state index contributed by atoms with van der Waals surface area (Å²) < 4.78 is 51.0. The largest absolute Gasteiger partial charge is 0.497 e. The monoisotopic (exact) mass is 478 g/mol. The Morgan fingerprint density at radius 3 is 2.34 bits per heavy atom. The number of carbonyl (C=O) groups excluding carboxylic acids is 1. The van der Waals surface area contributed by atoms with Crippen LogP contribution in [-0.4, -0.2) is 28.0 Å². The molecule has 32 heavy (non-hydrogen) atoms. The topological polar surface area (TPSA) is 93.7 Å². The number of amides is 1. The van der Waals surface area contributed by atoms with Crippen LogP contribution in [0.4, 0.5) is 10.1 Å². The molecule has 0 radical (unpaired) electrons. The van der Waals surface area contributed by atoms with Crippen LogP contribution in [0.25, 0.3) is 0 Å². The number of hydrogen-bond donors (Lipinski definition) is 2. The summed E-state index contributed by atoms with van der Waals surface area (Å²) >= 11 is 6.15. The van der Waals surface area contributed by atoms with Crippen LogP contribution >= 0.6 is 11.6 Å². The van der Waals surface area contributed by atoms with Crippen LogP contribution in [0.5, 0.6) is 11.5 Å². The number of nitrogens with one attached hydrogen (secondary N) is 2. The zero-order valence-electron chi connectivity index (χ0n) is 17.0. The van der Waals surface area contributed by atoms with Crippen LogP contribution < -0.4 is 19.5 Å². The fraction of sp³-hybridized carbons (Fsp3) is 0.136. The van der Waals surface area contributed by atoms with E-state index >= 15 is 0 Å². The molecule has 0 aromatic heterocycles. The Morgan fingerprint density at radius 1 is 1.03 bits per heavy atom. The smallest absolute Gasteiger partial charge is 0.261 e. The molecule has 3 rings (SSSR count). The zero-order chi connectivity index (χ0) is 23.1. The van der Waals surface area contributed by atoms with Gasteiger partial charge in [0.25, 0.3) is 15.9 Å². The Kier molecular flexibility index (Phi) is 7.55. The van der Waals surface area contributed by atoms with Gasteiger partial charge < -0.3 is 14.8 Å². The maximum atomic E-state index is 12.9. The fourth-order valence-electron chi connectivity index (χ4n) is 2.64. The molecule has 0 atom stereocenters. The summed E-state index contributed by atoms with van der Waals surface area (Å²) in [5.41, 5.74) is 1.09. The molecule has 0 spiro atoms. The van der Waals surface area contributed by atoms with Gasteiger partial charge in [-0.3, -0.25) is 9.52 Å². The van der Waals surface area contributed by atoms with Gasteiger partial charge in [-0.2, -0.15) is 0 Å². The molecule has 0 aliphatic heterocycles. The minimum atomic E-state index is -3.88. The molecule has 0 unspecified atom stereocenters. The number of halogens is 2. The highest BCUT2D eigenvalue weighted by Gasteiger charge is 2.17. The van der Waals surface area contributed by atoms with Crippen LogP contribution in [0.1, 0.15) is 5.56 Å². The molecule has 0 saturated heterocycles. The van der Waals surface area contributed by atoms with Gasteiger partial charge in [-0.05, 0) is 60.2 Å². The summed E-state index contributed by atoms with van der Waals surface area (Å²) in [5, 5.41) is 2.67. The van der Waals surface area contributed by atoms with Gasteiger partial charge in [-0.25, -0.2) is 12.8 Å². The predicted molar refractivity (Wildman–Crippen MR) is 119 cm³/mol. The molecular weight excluding hydrogens is 459 g/mol. The number of hydrogen-bond acceptors (Lipinski definition) is 5. The van der Waals surface area contributed by atoms with Gasteiger partial charge in [-0.1, -0.05) is 23.7 Å². The second-order valence-corrected chi connectivity index (χ2v) is 8.71. The van der Waals surface area contributed by atoms with Gasteiger partial charge in [-0.15, -0.1) is 0 Å². The van der Waals surface area contributed by atoms with Crippen molar-refractivity contribution in [3.63, 3.8) is 0 Å². The molecule has 0 fully saturated rings. The number of anilines is 1. The molecule has 0 heterocycles. The normalized spacial score (nSPS) is 11.0. The molecule has 1 amide bonds. The van der Waals surface area contributed by atoms with E-state index < -0.39 is 15.9 Å². The van der Waals surface area contributed by atoms with Gasteiger partial charge >= 0.3 is 0 Å². The summed E-state index contributed by atoms with van der Waals surface area (Å²) in [6.45, 7) is -0.110. The lowest BCUT2D eigenvalue weighted by atomic mass is 10.2. The van der Waals surface area contributed by atoms with Crippen LogP contribution in [0.2, 0.25) is 5.02 Å². The standard InChI is InChI=1S/C22H20ClFN2O5S/c1-30-18-8-6-17(7-9-18)26-32(28,29)19-10-11-21(20(23)12-19)31-14-22(27)25-13-15-2-4-16(24)5-3-15/h2-12,26H,13-14H2,1H3,(H,25,27). The minimum absolute atomic E-state index is 0.0361. The maximum absolute atomic E-state index is 12.9. The maximum Gasteiger partial charge on any atom is 0.261 e. The Balaban J connectivity index is 1.57. The number of methoxy groups -OCH3 is 1. The van der Waals surface area contributed by atoms with Crippen LogP contribution in [0.15, 0.2) is 71.6 Å². The van der Waals surface area contributed by atoms with Crippen molar-refractivity contribution in [2.75, 3.05) is 18.4 Å². The van der Waals surface area contributed by atoms with E-state index in [0.29, 0.717) is 11.4 Å². The third-order valence-corrected chi connectivity index (χ3v) is 5.99. The minimum Gasteiger partial charge on any atom is -0.497 e. The first-order valence-corrected chi connectivity index (χ1v) is 11.2. The van der Waals surface area contributed by atoms with Crippen molar-refractivity contribution >= 4 is 33.2 Å². The number of rotatable bonds is 9. The number of carbonyl (C=O) groups is 1. The van der Waals surface area contributed by atoms with Gasteiger partial charge in [0.05, 0.1) is 17.0 Å². The van der Waals surface area contributed by atoms with Crippen molar-refractivity contribution < 1.29 is 27.1 Å². The molecular formula is C22H20ClFN2O5S. The van der Waals surface area contributed by atoms with Gasteiger partial charge in [0.15, 0.2) is 6.61 Å². The molecule has 3 aromatic rings. The third-order valence-electron chi connectivity index (χ3n) is 4.32. The highest BCUT2D eigenvalue weighted by molar-refractivity contribution is 7.92. The predicted octanol–water partition coefficient (Wildman–Crippen LogP) is 3.98. The quantitative estimate of drug-likeness (QED) is 0.485. The van der Waals surface area contributed by atoms with Crippen LogP contribution in [0.3, 0.4) is 0 Å². The lowest BCUT2D eigenvalue weighted by Crippen LogP contribution is -2.28. The summed E-state index contributed by atoms with van der Waals surface area (Å²) in [4.78, 5) is 11.9. The third kappa shape index (κ3) is 6.35. The van der Waals surface area contributed by atoms with Crippen molar-refractivity contribution in [1.29, 1.82) is 0 Å². The molecule has 2 N–H and O–H groups in total. The molecule has 0 bridgehead atoms. The summed E-state index contributed by atoms with van der Waals surface area (Å²) in [7, 11) is -2.37. The zero-order valence-corrected chi connectivity index (χ0v) is 18.5. The first-order valence-electron chi connectivity index (χ1n) is 9.37. The summed E-state index contributed by atoms with van der Waals surface area (Å²) in [5.74, 6) is -0.0165. The second kappa shape index (κ2) is 10.3. The van der Waals surface area contributed by atoms with Crippen molar-refractivity contribution in [3.8, 4) is 11.5 Å². The Labute approximate surface area is 190 Å². The molecule has 7 nitrogen and oxygen atoms in total. The van der Waals surface area contributed by atoms with Crippen LogP contribution in [-0.2, 0) is 21.4 Å². The highest BCUT2D eigenvalue weighted by Crippen LogP contribution is 2.28. The van der Waals surface area contributed by atoms with E-state index in [1.165, 1.54) is 37.4 Å². The lowest BCUT2D eigenvalue weighted by Gasteiger charge is -2.12. The number of sulfonamides is 1. The summed E-state index contributed by atoms with van der Waals surface area (Å²) in [6, 6.07) is 16.1. The molecule has 10 heteroatoms. The van der Waals surface area contributed by atoms with Crippen LogP contribution in [0, 0.1) is 5.82 Å². The Bertz CT molecular complexity index is 1190. The van der Waals surface area contributed by atoms with E-state index in [4.69, 9.17) is 21.1 Å². The van der Waals surface area contributed by atoms with E-state index in [2.05, 4.69) is 10.0 Å². The first kappa shape index (κ1) is 23.4. The molecule has 3 aromatic carbocycles. The van der Waals surface area contributed by atoms with E-state index in [1.54, 1.807) is 36.4 Å². The Hall–Kier alpha value is -3.30. The van der Waals surface area contributed by atoms with E-state index in [0.717, 1.165) is 5.56 Å². The fourth-order valence-corrected chi connectivity index (χ4v) is 4.02. The summed E-state index contributed by atoms with van der Waals surface area (Å²) in [6.07, 6.45) is 0. The second-order valence-electron chi connectivity index (χ2n) is 6.62. The lowest BCUT2D eigenvalue weighted by molar-refractivity contribution is -0.123. The number of ether oxygens (including phenoxy) is 2. The molecule has 0 aliphatic rings. The van der Waals surface area contributed by atoms with Crippen molar-refractivity contribution in [2.24, 2.45) is 0 Å². The average molecular weight is 479 g/mol. The average Bonchev–Trinajstić information content (AvgIpc) is 2.78.